The van der Waals surface area contributed by atoms with E-state index in [1.807, 2.05) is 49.4 Å². The highest BCUT2D eigenvalue weighted by Crippen LogP contribution is 2.43. The summed E-state index contributed by atoms with van der Waals surface area (Å²) in [5.41, 5.74) is 13.2. The van der Waals surface area contributed by atoms with Crippen LogP contribution in [0.25, 0.3) is 33.5 Å². The van der Waals surface area contributed by atoms with Crippen molar-refractivity contribution in [3.63, 3.8) is 0 Å². The summed E-state index contributed by atoms with van der Waals surface area (Å²) in [4.78, 5) is 42.5. The lowest BCUT2D eigenvalue weighted by Gasteiger charge is -2.38. The smallest absolute Gasteiger partial charge is 0.226 e. The fraction of sp³-hybridized carbons (Fsp3) is 0.710. The van der Waals surface area contributed by atoms with E-state index < -0.39 is 0 Å². The second kappa shape index (κ2) is 48.0. The van der Waals surface area contributed by atoms with Crippen molar-refractivity contribution in [2.75, 3.05) is 85.8 Å². The van der Waals surface area contributed by atoms with Gasteiger partial charge in [0.1, 0.15) is 17.4 Å². The summed E-state index contributed by atoms with van der Waals surface area (Å²) in [6, 6.07) is 22.1. The van der Waals surface area contributed by atoms with Crippen LogP contribution < -0.4 is 9.47 Å². The number of aryl methyl sites for hydroxylation is 2. The second-order valence-electron chi connectivity index (χ2n) is 42.3. The number of para-hydroxylation sites is 2. The zero-order chi connectivity index (χ0) is 87.3. The van der Waals surface area contributed by atoms with Gasteiger partial charge in [0.05, 0.1) is 60.4 Å². The molecule has 3 N–H and O–H groups in total. The molecule has 0 aliphatic carbocycles. The van der Waals surface area contributed by atoms with Gasteiger partial charge in [0, 0.05) is 91.9 Å². The molecule has 0 unspecified atom stereocenters. The molecule has 5 aliphatic rings. The van der Waals surface area contributed by atoms with E-state index >= 15 is 0 Å². The Labute approximate surface area is 711 Å². The SMILES string of the molecule is C.CC(C)(C)C.CC(C)(C)N1CCCC1.CC(C)(C)N1CCCCC1.CC(C)(C)N1CCCCCCC1.CC(C)(C)N1CCOCC1.CC(C)(C)c1nc2ccccc2[nH]1.CC(C)C.CCN(CC)C(C)(C)C.COc1cccc(-c2nc3c(c(C(C)(C)C)n2)Cc2c(CO)cnc(C)c2O3)c1.Cc1ccc2nc(C(C)(C)C)[nH]c2c1. The number of ether oxygens (including phenoxy) is 3. The molecule has 5 aliphatic heterocycles. The third-order valence-electron chi connectivity index (χ3n) is 20.4. The van der Waals surface area contributed by atoms with Crippen molar-refractivity contribution in [2.24, 2.45) is 11.3 Å². The number of fused-ring (bicyclic) bond motifs is 4. The molecule has 660 valence electrons. The number of aliphatic hydroxyl groups is 1. The minimum atomic E-state index is -0.205. The minimum Gasteiger partial charge on any atom is -0.497 e. The molecule has 16 heteroatoms. The van der Waals surface area contributed by atoms with Crippen LogP contribution in [0.4, 0.5) is 0 Å². The van der Waals surface area contributed by atoms with Crippen LogP contribution >= 0.6 is 0 Å². The summed E-state index contributed by atoms with van der Waals surface area (Å²) in [6.07, 6.45) is 16.5. The molecule has 0 radical (unpaired) electrons. The number of aromatic nitrogens is 7. The number of likely N-dealkylation sites (tertiary alicyclic amines) is 3. The van der Waals surface area contributed by atoms with Gasteiger partial charge in [-0.1, -0.05) is 188 Å². The number of methoxy groups -OCH3 is 1. The predicted molar refractivity (Wildman–Crippen MR) is 502 cm³/mol. The molecule has 4 aromatic heterocycles. The lowest BCUT2D eigenvalue weighted by Crippen LogP contribution is -2.47. The zero-order valence-electron chi connectivity index (χ0n) is 80.6. The van der Waals surface area contributed by atoms with Gasteiger partial charge in [-0.05, 0) is 262 Å². The van der Waals surface area contributed by atoms with E-state index in [1.165, 1.54) is 109 Å². The fourth-order valence-corrected chi connectivity index (χ4v) is 13.7. The molecule has 4 fully saturated rings. The average Bonchev–Trinajstić information content (AvgIpc) is 1.59. The molecule has 0 spiro atoms. The molecule has 0 atom stereocenters. The number of morpholine rings is 1. The Hall–Kier alpha value is -5.85. The van der Waals surface area contributed by atoms with E-state index in [2.05, 4.69) is 309 Å². The van der Waals surface area contributed by atoms with Crippen molar-refractivity contribution < 1.29 is 19.3 Å². The number of aromatic amines is 2. The third-order valence-corrected chi connectivity index (χ3v) is 20.4. The largest absolute Gasteiger partial charge is 0.497 e. The highest BCUT2D eigenvalue weighted by molar-refractivity contribution is 5.76. The van der Waals surface area contributed by atoms with Gasteiger partial charge in [0.15, 0.2) is 11.6 Å². The van der Waals surface area contributed by atoms with Crippen LogP contribution in [0.2, 0.25) is 0 Å². The lowest BCUT2D eigenvalue weighted by atomic mass is 9.85. The number of pyridine rings is 1. The van der Waals surface area contributed by atoms with Crippen LogP contribution in [-0.2, 0) is 34.0 Å². The third kappa shape index (κ3) is 39.1. The number of H-pyrrole nitrogens is 2. The number of benzene rings is 3. The zero-order valence-corrected chi connectivity index (χ0v) is 80.6. The van der Waals surface area contributed by atoms with Crippen LogP contribution in [0.15, 0.2) is 72.9 Å². The highest BCUT2D eigenvalue weighted by Gasteiger charge is 2.33. The van der Waals surface area contributed by atoms with Crippen molar-refractivity contribution in [2.45, 2.75) is 371 Å². The number of hydrogen-bond acceptors (Lipinski definition) is 14. The van der Waals surface area contributed by atoms with E-state index in [0.717, 1.165) is 118 Å². The van der Waals surface area contributed by atoms with Crippen molar-refractivity contribution in [3.05, 3.63) is 118 Å². The summed E-state index contributed by atoms with van der Waals surface area (Å²) >= 11 is 0. The Morgan fingerprint density at radius 2 is 0.905 bits per heavy atom. The number of nitrogens with zero attached hydrogens (tertiary/aromatic N) is 10. The van der Waals surface area contributed by atoms with E-state index in [0.29, 0.717) is 57.0 Å². The van der Waals surface area contributed by atoms with Gasteiger partial charge in [0.25, 0.3) is 0 Å². The quantitative estimate of drug-likeness (QED) is 0.149. The molecule has 0 amide bonds. The van der Waals surface area contributed by atoms with Crippen molar-refractivity contribution >= 4 is 22.1 Å². The van der Waals surface area contributed by atoms with Gasteiger partial charge in [-0.2, -0.15) is 4.98 Å². The number of hydrogen-bond donors (Lipinski definition) is 3. The first-order valence-electron chi connectivity index (χ1n) is 44.1. The Bertz CT molecular complexity index is 3770. The Kier molecular flexibility index (Phi) is 43.9. The highest BCUT2D eigenvalue weighted by atomic mass is 16.5. The van der Waals surface area contributed by atoms with Crippen molar-refractivity contribution in [1.82, 2.24) is 59.4 Å². The van der Waals surface area contributed by atoms with E-state index in [4.69, 9.17) is 24.2 Å². The first-order valence-corrected chi connectivity index (χ1v) is 44.1. The number of rotatable bonds is 5. The van der Waals surface area contributed by atoms with Gasteiger partial charge in [-0.25, -0.2) is 15.0 Å². The number of nitrogens with one attached hydrogen (secondary N) is 2. The van der Waals surface area contributed by atoms with Crippen LogP contribution in [0.5, 0.6) is 17.4 Å². The van der Waals surface area contributed by atoms with Gasteiger partial charge in [-0.15, -0.1) is 0 Å². The first-order chi connectivity index (χ1) is 53.0. The number of aliphatic hydroxyl groups excluding tert-OH is 1. The number of piperidine rings is 1. The molecule has 3 aromatic carbocycles. The minimum absolute atomic E-state index is 0. The fourth-order valence-electron chi connectivity index (χ4n) is 13.7. The Balaban J connectivity index is 0.000000459. The molecular formula is C100H176N12O4. The topological polar surface area (TPSA) is 160 Å². The molecule has 12 rings (SSSR count). The normalized spacial score (nSPS) is 16.0. The van der Waals surface area contributed by atoms with Gasteiger partial charge in [0.2, 0.25) is 5.88 Å². The maximum Gasteiger partial charge on any atom is 0.226 e. The van der Waals surface area contributed by atoms with Crippen LogP contribution in [0.1, 0.15) is 345 Å². The van der Waals surface area contributed by atoms with Crippen LogP contribution in [0.3, 0.4) is 0 Å². The molecule has 0 saturated carbocycles. The second-order valence-corrected chi connectivity index (χ2v) is 42.3. The van der Waals surface area contributed by atoms with Crippen molar-refractivity contribution in [1.29, 1.82) is 0 Å². The average molecular weight is 1610 g/mol. The summed E-state index contributed by atoms with van der Waals surface area (Å²) in [5.74, 6) is 5.52. The summed E-state index contributed by atoms with van der Waals surface area (Å²) in [6.45, 7) is 91.3. The van der Waals surface area contributed by atoms with Gasteiger partial charge < -0.3 is 29.3 Å². The van der Waals surface area contributed by atoms with Gasteiger partial charge >= 0.3 is 0 Å². The van der Waals surface area contributed by atoms with Crippen LogP contribution in [-0.4, -0.2) is 178 Å². The molecular weight excluding hydrogens is 1430 g/mol. The Morgan fingerprint density at radius 3 is 1.29 bits per heavy atom. The molecule has 9 heterocycles. The molecule has 116 heavy (non-hydrogen) atoms. The summed E-state index contributed by atoms with van der Waals surface area (Å²) in [7, 11) is 1.64. The van der Waals surface area contributed by atoms with Crippen LogP contribution in [0, 0.1) is 25.2 Å². The molecule has 4 saturated heterocycles. The Morgan fingerprint density at radius 1 is 0.491 bits per heavy atom. The first kappa shape index (κ1) is 106. The number of imidazole rings is 2. The van der Waals surface area contributed by atoms with Gasteiger partial charge in [-0.3, -0.25) is 29.5 Å². The molecule has 0 bridgehead atoms. The monoisotopic (exact) mass is 1610 g/mol. The van der Waals surface area contributed by atoms with E-state index in [-0.39, 0.29) is 30.3 Å². The van der Waals surface area contributed by atoms with E-state index in [9.17, 15) is 5.11 Å². The molecule has 16 nitrogen and oxygen atoms in total. The van der Waals surface area contributed by atoms with Crippen molar-refractivity contribution in [3.8, 4) is 28.8 Å². The summed E-state index contributed by atoms with van der Waals surface area (Å²) < 4.78 is 16.9. The standard InChI is InChI=1S/C23H25N3O3.C12H16N2.C11H14N2.C11H23N.C9H19N.C8H17NO.C8H17N.C8H19N.C5H12.C4H10.CH4/c1-13-19-17(15(12-27)11-24-13)10-18-20(23(2,3)4)25-21(26-22(18)29-19)14-7-6-8-16(9-14)28-5;1-8-5-6-9-10(7-8)14-11(13-9)12(2,3)4;1-11(2,3)10-12-8-6-4-5-7-9(8)13-10;1-11(2,3)12-9-7-5-4-6-8-10-12;1-9(2,3)10-7-5-4-6-8-10;1-8(2,3)9-4-6-10-7-5-9;1-8(2,3)9-6-4-5-7-9;1-6-9(7-2)8(3,4)5;1-5(2,3)4;1-4(2)3;/h6-9,11,27H,10,12H2,1-5H3;5-7H,1-4H3,(H,13,14);4-7H,1-3H3,(H,12,13);4-10H2,1-3H3;4-8H2,1-3H3;4-7H2,1-3H3;4-7H2,1-3H3;6-7H2,1-5H3;1-4H3;4H,1-3H3;1H4. The maximum absolute atomic E-state index is 9.77. The maximum atomic E-state index is 9.77. The summed E-state index contributed by atoms with van der Waals surface area (Å²) in [5, 5.41) is 9.77. The van der Waals surface area contributed by atoms with E-state index in [1.54, 1.807) is 13.3 Å². The lowest BCUT2D eigenvalue weighted by molar-refractivity contribution is -0.00389. The predicted octanol–water partition coefficient (Wildman–Crippen LogP) is 25.2. The molecule has 7 aromatic rings.